The molecule has 1 unspecified atom stereocenters. The van der Waals surface area contributed by atoms with Gasteiger partial charge in [-0.15, -0.1) is 0 Å². The monoisotopic (exact) mass is 412 g/mol. The van der Waals surface area contributed by atoms with E-state index < -0.39 is 11.7 Å². The lowest BCUT2D eigenvalue weighted by atomic mass is 10.0. The maximum atomic E-state index is 12.8. The van der Waals surface area contributed by atoms with Crippen molar-refractivity contribution < 1.29 is 22.7 Å². The Balaban J connectivity index is 1.64. The Kier molecular flexibility index (Phi) is 7.09. The van der Waals surface area contributed by atoms with E-state index in [1.165, 1.54) is 12.1 Å². The first-order valence-corrected chi connectivity index (χ1v) is 10.1. The lowest BCUT2D eigenvalue weighted by Crippen LogP contribution is -2.43. The van der Waals surface area contributed by atoms with Crippen LogP contribution < -0.4 is 5.32 Å². The molecule has 0 radical (unpaired) electrons. The van der Waals surface area contributed by atoms with Crippen LogP contribution in [0.15, 0.2) is 41.1 Å². The Morgan fingerprint density at radius 1 is 1.18 bits per heavy atom. The zero-order chi connectivity index (χ0) is 20.0. The minimum Gasteiger partial charge on any atom is -0.379 e. The Morgan fingerprint density at radius 2 is 1.89 bits per heavy atom. The summed E-state index contributed by atoms with van der Waals surface area (Å²) in [4.78, 5) is 14.4. The predicted octanol–water partition coefficient (Wildman–Crippen LogP) is 3.89. The number of nitrogens with one attached hydrogen (secondary N) is 1. The molecule has 1 saturated heterocycles. The summed E-state index contributed by atoms with van der Waals surface area (Å²) in [6, 6.07) is 7.01. The lowest BCUT2D eigenvalue weighted by Gasteiger charge is -2.35. The molecule has 1 aromatic heterocycles. The van der Waals surface area contributed by atoms with E-state index in [0.717, 1.165) is 23.3 Å². The van der Waals surface area contributed by atoms with E-state index in [0.29, 0.717) is 45.7 Å². The number of amides is 1. The highest BCUT2D eigenvalue weighted by Crippen LogP contribution is 2.31. The molecule has 2 aromatic rings. The van der Waals surface area contributed by atoms with Crippen LogP contribution in [0.5, 0.6) is 0 Å². The van der Waals surface area contributed by atoms with E-state index in [-0.39, 0.29) is 11.9 Å². The normalized spacial score (nSPS) is 16.7. The van der Waals surface area contributed by atoms with Crippen LogP contribution in [0.1, 0.15) is 29.2 Å². The van der Waals surface area contributed by atoms with E-state index >= 15 is 0 Å². The number of morpholine rings is 1. The molecule has 28 heavy (non-hydrogen) atoms. The van der Waals surface area contributed by atoms with Crippen LogP contribution in [-0.2, 0) is 22.1 Å². The Morgan fingerprint density at radius 3 is 2.50 bits per heavy atom. The van der Waals surface area contributed by atoms with Crippen LogP contribution in [-0.4, -0.2) is 43.7 Å². The zero-order valence-corrected chi connectivity index (χ0v) is 16.2. The van der Waals surface area contributed by atoms with Crippen LogP contribution in [0, 0.1) is 0 Å². The standard InChI is InChI=1S/C20H23F3N2O2S/c21-20(22,23)17-4-2-16(3-5-17)18(25-8-10-27-11-9-25)13-24-19(26)6-1-15-7-12-28-14-15/h2-5,7,12,14,18H,1,6,8-11,13H2,(H,24,26). The topological polar surface area (TPSA) is 41.6 Å². The Hall–Kier alpha value is -1.90. The van der Waals surface area contributed by atoms with E-state index in [1.54, 1.807) is 11.3 Å². The first kappa shape index (κ1) is 20.8. The molecule has 2 heterocycles. The summed E-state index contributed by atoms with van der Waals surface area (Å²) in [5.41, 5.74) is 1.22. The van der Waals surface area contributed by atoms with Crippen molar-refractivity contribution in [1.82, 2.24) is 10.2 Å². The lowest BCUT2D eigenvalue weighted by molar-refractivity contribution is -0.137. The highest BCUT2D eigenvalue weighted by Gasteiger charge is 2.31. The fraction of sp³-hybridized carbons (Fsp3) is 0.450. The molecule has 1 aromatic carbocycles. The van der Waals surface area contributed by atoms with Crippen LogP contribution in [0.3, 0.4) is 0 Å². The van der Waals surface area contributed by atoms with Crippen LogP contribution >= 0.6 is 11.3 Å². The first-order valence-electron chi connectivity index (χ1n) is 9.20. The summed E-state index contributed by atoms with van der Waals surface area (Å²) < 4.78 is 43.9. The Labute approximate surface area is 166 Å². The largest absolute Gasteiger partial charge is 0.416 e. The highest BCUT2D eigenvalue weighted by molar-refractivity contribution is 7.07. The van der Waals surface area contributed by atoms with Gasteiger partial charge in [0.25, 0.3) is 0 Å². The third kappa shape index (κ3) is 5.80. The van der Waals surface area contributed by atoms with Gasteiger partial charge in [-0.2, -0.15) is 24.5 Å². The fourth-order valence-corrected chi connectivity index (χ4v) is 3.94. The first-order chi connectivity index (χ1) is 13.4. The number of benzene rings is 1. The number of ether oxygens (including phenoxy) is 1. The molecule has 1 atom stereocenters. The summed E-state index contributed by atoms with van der Waals surface area (Å²) in [5.74, 6) is -0.0589. The molecule has 1 fully saturated rings. The van der Waals surface area contributed by atoms with Gasteiger partial charge in [-0.05, 0) is 46.5 Å². The molecule has 0 aliphatic carbocycles. The molecule has 8 heteroatoms. The second-order valence-corrected chi connectivity index (χ2v) is 7.50. The van der Waals surface area contributed by atoms with Crippen molar-refractivity contribution in [2.24, 2.45) is 0 Å². The SMILES string of the molecule is O=C(CCc1ccsc1)NCC(c1ccc(C(F)(F)F)cc1)N1CCOCC1. The number of hydrogen-bond acceptors (Lipinski definition) is 4. The van der Waals surface area contributed by atoms with Gasteiger partial charge in [-0.25, -0.2) is 0 Å². The molecule has 0 spiro atoms. The molecule has 3 rings (SSSR count). The molecule has 1 amide bonds. The summed E-state index contributed by atoms with van der Waals surface area (Å²) in [5, 5.41) is 6.94. The maximum Gasteiger partial charge on any atom is 0.416 e. The molecule has 1 aliphatic heterocycles. The molecular weight excluding hydrogens is 389 g/mol. The van der Waals surface area contributed by atoms with Crippen molar-refractivity contribution in [1.29, 1.82) is 0 Å². The molecule has 0 bridgehead atoms. The highest BCUT2D eigenvalue weighted by atomic mass is 32.1. The average Bonchev–Trinajstić information content (AvgIpc) is 3.21. The van der Waals surface area contributed by atoms with Crippen molar-refractivity contribution in [3.05, 3.63) is 57.8 Å². The number of carbonyl (C=O) groups is 1. The number of hydrogen-bond donors (Lipinski definition) is 1. The number of halogens is 3. The number of rotatable bonds is 7. The number of alkyl halides is 3. The van der Waals surface area contributed by atoms with Crippen LogP contribution in [0.25, 0.3) is 0 Å². The van der Waals surface area contributed by atoms with E-state index in [2.05, 4.69) is 10.2 Å². The summed E-state index contributed by atoms with van der Waals surface area (Å²) in [6.07, 6.45) is -3.29. The number of aryl methyl sites for hydroxylation is 1. The van der Waals surface area contributed by atoms with Crippen molar-refractivity contribution >= 4 is 17.2 Å². The smallest absolute Gasteiger partial charge is 0.379 e. The van der Waals surface area contributed by atoms with Gasteiger partial charge < -0.3 is 10.1 Å². The van der Waals surface area contributed by atoms with Crippen molar-refractivity contribution in [3.8, 4) is 0 Å². The van der Waals surface area contributed by atoms with Gasteiger partial charge in [0.2, 0.25) is 5.91 Å². The maximum absolute atomic E-state index is 12.8. The van der Waals surface area contributed by atoms with Crippen LogP contribution in [0.2, 0.25) is 0 Å². The minimum absolute atomic E-state index is 0.0589. The Bertz CT molecular complexity index is 742. The van der Waals surface area contributed by atoms with Gasteiger partial charge in [0.1, 0.15) is 0 Å². The van der Waals surface area contributed by atoms with Crippen LogP contribution in [0.4, 0.5) is 13.2 Å². The summed E-state index contributed by atoms with van der Waals surface area (Å²) >= 11 is 1.60. The zero-order valence-electron chi connectivity index (χ0n) is 15.4. The average molecular weight is 412 g/mol. The second kappa shape index (κ2) is 9.54. The predicted molar refractivity (Wildman–Crippen MR) is 102 cm³/mol. The van der Waals surface area contributed by atoms with Gasteiger partial charge >= 0.3 is 6.18 Å². The molecule has 4 nitrogen and oxygen atoms in total. The van der Waals surface area contributed by atoms with Gasteiger partial charge in [0.15, 0.2) is 0 Å². The van der Waals surface area contributed by atoms with Crippen molar-refractivity contribution in [2.45, 2.75) is 25.1 Å². The summed E-state index contributed by atoms with van der Waals surface area (Å²) in [6.45, 7) is 2.85. The summed E-state index contributed by atoms with van der Waals surface area (Å²) in [7, 11) is 0. The second-order valence-electron chi connectivity index (χ2n) is 6.72. The number of thiophene rings is 1. The van der Waals surface area contributed by atoms with E-state index in [1.807, 2.05) is 16.8 Å². The minimum atomic E-state index is -4.36. The number of carbonyl (C=O) groups excluding carboxylic acids is 1. The molecule has 152 valence electrons. The third-order valence-electron chi connectivity index (χ3n) is 4.82. The molecular formula is C20H23F3N2O2S. The third-order valence-corrected chi connectivity index (χ3v) is 5.55. The van der Waals surface area contributed by atoms with Gasteiger partial charge in [0, 0.05) is 26.1 Å². The molecule has 0 saturated carbocycles. The fourth-order valence-electron chi connectivity index (χ4n) is 3.23. The van der Waals surface area contributed by atoms with Crippen molar-refractivity contribution in [3.63, 3.8) is 0 Å². The van der Waals surface area contributed by atoms with E-state index in [4.69, 9.17) is 4.74 Å². The van der Waals surface area contributed by atoms with Gasteiger partial charge in [0.05, 0.1) is 24.8 Å². The quantitative estimate of drug-likeness (QED) is 0.750. The number of nitrogens with zero attached hydrogens (tertiary/aromatic N) is 1. The molecule has 1 N–H and O–H groups in total. The van der Waals surface area contributed by atoms with E-state index in [9.17, 15) is 18.0 Å². The van der Waals surface area contributed by atoms with Gasteiger partial charge in [-0.1, -0.05) is 12.1 Å². The van der Waals surface area contributed by atoms with Crippen molar-refractivity contribution in [2.75, 3.05) is 32.8 Å². The molecule has 1 aliphatic rings. The van der Waals surface area contributed by atoms with Gasteiger partial charge in [-0.3, -0.25) is 9.69 Å².